The molecule has 0 radical (unpaired) electrons. The van der Waals surface area contributed by atoms with Gasteiger partial charge < -0.3 is 10.1 Å². The number of para-hydroxylation sites is 1. The molecule has 0 spiro atoms. The molecule has 5 rings (SSSR count). The van der Waals surface area contributed by atoms with Crippen molar-refractivity contribution in [2.75, 3.05) is 13.7 Å². The van der Waals surface area contributed by atoms with Crippen LogP contribution in [0, 0.1) is 0 Å². The van der Waals surface area contributed by atoms with Crippen LogP contribution in [0.1, 0.15) is 47.2 Å². The second kappa shape index (κ2) is 11.0. The predicted octanol–water partition coefficient (Wildman–Crippen LogP) is 4.95. The van der Waals surface area contributed by atoms with Gasteiger partial charge in [0.05, 0.1) is 12.7 Å². The Kier molecular flexibility index (Phi) is 7.36. The highest BCUT2D eigenvalue weighted by atomic mass is 16.5. The first-order valence-corrected chi connectivity index (χ1v) is 13.0. The summed E-state index contributed by atoms with van der Waals surface area (Å²) in [6.07, 6.45) is 3.07. The maximum absolute atomic E-state index is 13.2. The Bertz CT molecular complexity index is 1350. The van der Waals surface area contributed by atoms with Gasteiger partial charge in [-0.05, 0) is 48.9 Å². The fraction of sp³-hybridized carbons (Fsp3) is 0.290. The molecule has 1 fully saturated rings. The van der Waals surface area contributed by atoms with Crippen molar-refractivity contribution < 1.29 is 19.1 Å². The number of hydrogen-bond acceptors (Lipinski definition) is 4. The first kappa shape index (κ1) is 25.4. The molecule has 38 heavy (non-hydrogen) atoms. The average molecular weight is 510 g/mol. The zero-order valence-corrected chi connectivity index (χ0v) is 21.4. The van der Waals surface area contributed by atoms with E-state index < -0.39 is 6.03 Å². The van der Waals surface area contributed by atoms with E-state index in [0.29, 0.717) is 42.8 Å². The molecule has 0 atom stereocenters. The number of hydrogen-bond donors (Lipinski definition) is 1. The molecule has 7 nitrogen and oxygen atoms in total. The van der Waals surface area contributed by atoms with E-state index in [1.807, 2.05) is 60.7 Å². The smallest absolute Gasteiger partial charge is 0.351 e. The molecule has 1 saturated carbocycles. The Morgan fingerprint density at radius 3 is 2.26 bits per heavy atom. The lowest BCUT2D eigenvalue weighted by molar-refractivity contribution is -0.123. The molecule has 1 heterocycles. The van der Waals surface area contributed by atoms with Crippen LogP contribution in [0.25, 0.3) is 0 Å². The third kappa shape index (κ3) is 5.09. The molecule has 7 heteroatoms. The number of nitrogens with one attached hydrogen (secondary N) is 1. The maximum atomic E-state index is 13.2. The van der Waals surface area contributed by atoms with E-state index in [0.717, 1.165) is 24.0 Å². The third-order valence-electron chi connectivity index (χ3n) is 7.72. The maximum Gasteiger partial charge on any atom is 0.351 e. The minimum atomic E-state index is -0.470. The molecule has 1 aliphatic heterocycles. The third-order valence-corrected chi connectivity index (χ3v) is 7.72. The van der Waals surface area contributed by atoms with Gasteiger partial charge >= 0.3 is 6.03 Å². The SMILES string of the molecule is COc1ccccc1C(=O)NC[C@]1(c2ccccc2)CC[C@H](N2C(=O)N=C(Cc3ccccc3)C2=O)CC1. The molecular formula is C31H31N3O4. The van der Waals surface area contributed by atoms with Gasteiger partial charge in [-0.15, -0.1) is 0 Å². The Labute approximate surface area is 222 Å². The van der Waals surface area contributed by atoms with Crippen LogP contribution in [0.4, 0.5) is 4.79 Å². The number of urea groups is 1. The number of methoxy groups -OCH3 is 1. The van der Waals surface area contributed by atoms with Crippen LogP contribution >= 0.6 is 0 Å². The number of carbonyl (C=O) groups excluding carboxylic acids is 3. The lowest BCUT2D eigenvalue weighted by Gasteiger charge is -2.42. The van der Waals surface area contributed by atoms with Gasteiger partial charge in [0.15, 0.2) is 0 Å². The summed E-state index contributed by atoms with van der Waals surface area (Å²) in [5.41, 5.74) is 2.56. The molecule has 194 valence electrons. The number of carbonyl (C=O) groups is 3. The molecule has 2 aliphatic rings. The number of benzene rings is 3. The topological polar surface area (TPSA) is 88.1 Å². The van der Waals surface area contributed by atoms with Gasteiger partial charge in [0.2, 0.25) is 0 Å². The van der Waals surface area contributed by atoms with Gasteiger partial charge in [0, 0.05) is 24.4 Å². The molecule has 0 aromatic heterocycles. The van der Waals surface area contributed by atoms with Gasteiger partial charge in [0.1, 0.15) is 11.5 Å². The highest BCUT2D eigenvalue weighted by Crippen LogP contribution is 2.41. The highest BCUT2D eigenvalue weighted by molar-refractivity contribution is 6.46. The standard InChI is InChI=1S/C31H31N3O4/c1-38-27-15-9-8-14-25(27)28(35)32-21-31(23-12-6-3-7-13-23)18-16-24(17-19-31)34-29(36)26(33-30(34)37)20-22-10-4-2-5-11-22/h2-15,24H,16-21H2,1H3,(H,32,35)/t24-,31-. The van der Waals surface area contributed by atoms with E-state index in [4.69, 9.17) is 4.74 Å². The van der Waals surface area contributed by atoms with Gasteiger partial charge in [-0.25, -0.2) is 4.79 Å². The second-order valence-corrected chi connectivity index (χ2v) is 9.94. The van der Waals surface area contributed by atoms with E-state index in [2.05, 4.69) is 22.4 Å². The summed E-state index contributed by atoms with van der Waals surface area (Å²) in [6, 6.07) is 26.2. The molecule has 4 amide bonds. The summed E-state index contributed by atoms with van der Waals surface area (Å²) < 4.78 is 5.36. The lowest BCUT2D eigenvalue weighted by atomic mass is 9.67. The van der Waals surface area contributed by atoms with Gasteiger partial charge in [-0.2, -0.15) is 4.99 Å². The van der Waals surface area contributed by atoms with Crippen LogP contribution in [0.5, 0.6) is 5.75 Å². The monoisotopic (exact) mass is 509 g/mol. The van der Waals surface area contributed by atoms with Crippen LogP contribution in [0.15, 0.2) is 89.9 Å². The Morgan fingerprint density at radius 1 is 0.947 bits per heavy atom. The molecule has 0 unspecified atom stereocenters. The van der Waals surface area contributed by atoms with Crippen molar-refractivity contribution in [3.8, 4) is 5.75 Å². The lowest BCUT2D eigenvalue weighted by Crippen LogP contribution is -2.49. The van der Waals surface area contributed by atoms with E-state index >= 15 is 0 Å². The summed E-state index contributed by atoms with van der Waals surface area (Å²) in [5.74, 6) is 0.0455. The van der Waals surface area contributed by atoms with Crippen LogP contribution in [0.2, 0.25) is 0 Å². The first-order valence-electron chi connectivity index (χ1n) is 13.0. The van der Waals surface area contributed by atoms with Crippen molar-refractivity contribution in [1.82, 2.24) is 10.2 Å². The summed E-state index contributed by atoms with van der Waals surface area (Å²) in [7, 11) is 1.55. The largest absolute Gasteiger partial charge is 0.496 e. The normalized spacial score (nSPS) is 21.2. The van der Waals surface area contributed by atoms with Gasteiger partial charge in [-0.1, -0.05) is 72.8 Å². The van der Waals surface area contributed by atoms with Crippen LogP contribution < -0.4 is 10.1 Å². The number of ether oxygens (including phenoxy) is 1. The van der Waals surface area contributed by atoms with Crippen LogP contribution in [-0.2, 0) is 16.6 Å². The number of aliphatic imine (C=N–C) groups is 1. The number of imide groups is 1. The minimum absolute atomic E-state index is 0.191. The first-order chi connectivity index (χ1) is 18.5. The van der Waals surface area contributed by atoms with Crippen molar-refractivity contribution >= 4 is 23.6 Å². The zero-order valence-electron chi connectivity index (χ0n) is 21.4. The Balaban J connectivity index is 1.29. The summed E-state index contributed by atoms with van der Waals surface area (Å²) in [4.78, 5) is 44.5. The van der Waals surface area contributed by atoms with E-state index in [-0.39, 0.29) is 23.3 Å². The van der Waals surface area contributed by atoms with Gasteiger partial charge in [-0.3, -0.25) is 14.5 Å². The fourth-order valence-electron chi connectivity index (χ4n) is 5.62. The second-order valence-electron chi connectivity index (χ2n) is 9.94. The van der Waals surface area contributed by atoms with Crippen molar-refractivity contribution in [3.63, 3.8) is 0 Å². The van der Waals surface area contributed by atoms with Gasteiger partial charge in [0.25, 0.3) is 11.8 Å². The fourth-order valence-corrected chi connectivity index (χ4v) is 5.62. The molecule has 1 N–H and O–H groups in total. The number of nitrogens with zero attached hydrogens (tertiary/aromatic N) is 2. The molecule has 3 aromatic rings. The quantitative estimate of drug-likeness (QED) is 0.465. The highest BCUT2D eigenvalue weighted by Gasteiger charge is 2.44. The number of amides is 4. The van der Waals surface area contributed by atoms with Crippen molar-refractivity contribution in [2.45, 2.75) is 43.6 Å². The van der Waals surface area contributed by atoms with Crippen molar-refractivity contribution in [1.29, 1.82) is 0 Å². The molecule has 3 aromatic carbocycles. The average Bonchev–Trinajstić information content (AvgIpc) is 3.25. The zero-order chi connectivity index (χ0) is 26.5. The Hall–Kier alpha value is -4.26. The van der Waals surface area contributed by atoms with Crippen molar-refractivity contribution in [3.05, 3.63) is 102 Å². The van der Waals surface area contributed by atoms with E-state index in [9.17, 15) is 14.4 Å². The van der Waals surface area contributed by atoms with Crippen molar-refractivity contribution in [2.24, 2.45) is 4.99 Å². The molecule has 1 aliphatic carbocycles. The van der Waals surface area contributed by atoms with Crippen LogP contribution in [0.3, 0.4) is 0 Å². The Morgan fingerprint density at radius 2 is 1.58 bits per heavy atom. The van der Waals surface area contributed by atoms with E-state index in [1.165, 1.54) is 4.90 Å². The van der Waals surface area contributed by atoms with Crippen LogP contribution in [-0.4, -0.2) is 48.2 Å². The molecular weight excluding hydrogens is 478 g/mol. The summed E-state index contributed by atoms with van der Waals surface area (Å²) in [6.45, 7) is 0.443. The molecule has 0 saturated heterocycles. The summed E-state index contributed by atoms with van der Waals surface area (Å²) in [5, 5.41) is 3.13. The minimum Gasteiger partial charge on any atom is -0.496 e. The van der Waals surface area contributed by atoms with E-state index in [1.54, 1.807) is 19.2 Å². The summed E-state index contributed by atoms with van der Waals surface area (Å²) >= 11 is 0. The predicted molar refractivity (Wildman–Crippen MR) is 146 cm³/mol. The number of rotatable bonds is 8. The molecule has 0 bridgehead atoms.